The third-order valence-corrected chi connectivity index (χ3v) is 4.62. The molecule has 0 aliphatic carbocycles. The fraction of sp³-hybridized carbons (Fsp3) is 0.227. The monoisotopic (exact) mass is 379 g/mol. The van der Waals surface area contributed by atoms with Gasteiger partial charge in [0.25, 0.3) is 11.5 Å². The highest BCUT2D eigenvalue weighted by Gasteiger charge is 2.36. The zero-order valence-electron chi connectivity index (χ0n) is 16.1. The van der Waals surface area contributed by atoms with Crippen LogP contribution in [-0.2, 0) is 10.3 Å². The van der Waals surface area contributed by atoms with E-state index >= 15 is 0 Å². The molecule has 0 radical (unpaired) electrons. The van der Waals surface area contributed by atoms with Gasteiger partial charge in [-0.15, -0.1) is 0 Å². The number of likely N-dealkylation sites (N-methyl/N-ethyl adjacent to an activating group) is 1. The van der Waals surface area contributed by atoms with Gasteiger partial charge in [-0.25, -0.2) is 9.07 Å². The normalized spacial score (nSPS) is 11.3. The predicted molar refractivity (Wildman–Crippen MR) is 108 cm³/mol. The Morgan fingerprint density at radius 2 is 1.68 bits per heavy atom. The number of halogens is 1. The molecule has 0 N–H and O–H groups in total. The fourth-order valence-electron chi connectivity index (χ4n) is 3.06. The van der Waals surface area contributed by atoms with E-state index in [0.717, 1.165) is 5.69 Å². The van der Waals surface area contributed by atoms with Gasteiger partial charge < -0.3 is 4.90 Å². The molecule has 3 aromatic rings. The number of carbonyl (C=O) groups is 1. The second-order valence-corrected chi connectivity index (χ2v) is 6.92. The number of rotatable bonds is 5. The first kappa shape index (κ1) is 19.5. The maximum Gasteiger partial charge on any atom is 0.267 e. The highest BCUT2D eigenvalue weighted by molar-refractivity contribution is 5.98. The van der Waals surface area contributed by atoms with Gasteiger partial charge in [0, 0.05) is 23.9 Å². The smallest absolute Gasteiger partial charge is 0.267 e. The lowest BCUT2D eigenvalue weighted by Gasteiger charge is -2.32. The summed E-state index contributed by atoms with van der Waals surface area (Å²) < 4.78 is 14.4. The summed E-state index contributed by atoms with van der Waals surface area (Å²) in [6.45, 7) is 5.68. The Morgan fingerprint density at radius 3 is 2.29 bits per heavy atom. The maximum atomic E-state index is 13.3. The van der Waals surface area contributed by atoms with Gasteiger partial charge in [0.2, 0.25) is 0 Å². The summed E-state index contributed by atoms with van der Waals surface area (Å²) in [6, 6.07) is 18.1. The zero-order chi connectivity index (χ0) is 20.3. The fourth-order valence-corrected chi connectivity index (χ4v) is 3.06. The summed E-state index contributed by atoms with van der Waals surface area (Å²) >= 11 is 0. The van der Waals surface area contributed by atoms with Crippen LogP contribution >= 0.6 is 0 Å². The van der Waals surface area contributed by atoms with Crippen LogP contribution in [0.2, 0.25) is 0 Å². The average Bonchev–Trinajstić information content (AvgIpc) is 2.70. The van der Waals surface area contributed by atoms with Crippen molar-refractivity contribution in [3.05, 3.63) is 82.9 Å². The van der Waals surface area contributed by atoms with E-state index in [1.165, 1.54) is 22.9 Å². The number of carbonyl (C=O) groups excluding carboxylic acids is 1. The van der Waals surface area contributed by atoms with E-state index in [-0.39, 0.29) is 17.3 Å². The van der Waals surface area contributed by atoms with E-state index in [9.17, 15) is 14.0 Å². The SMILES string of the molecule is CCN(C(=O)C(C)(C)n1nc(-c2ccc(F)cc2)ccc1=O)c1ccccc1. The molecule has 0 atom stereocenters. The topological polar surface area (TPSA) is 55.2 Å². The molecule has 3 rings (SSSR count). The van der Waals surface area contributed by atoms with Crippen molar-refractivity contribution in [3.63, 3.8) is 0 Å². The van der Waals surface area contributed by atoms with Crippen LogP contribution in [0.5, 0.6) is 0 Å². The van der Waals surface area contributed by atoms with Crippen LogP contribution < -0.4 is 10.5 Å². The maximum absolute atomic E-state index is 13.3. The van der Waals surface area contributed by atoms with Gasteiger partial charge in [0.1, 0.15) is 11.4 Å². The van der Waals surface area contributed by atoms with Crippen LogP contribution in [0, 0.1) is 5.82 Å². The van der Waals surface area contributed by atoms with Gasteiger partial charge in [-0.1, -0.05) is 18.2 Å². The summed E-state index contributed by atoms with van der Waals surface area (Å²) in [5, 5.41) is 4.41. The number of anilines is 1. The number of nitrogens with zero attached hydrogens (tertiary/aromatic N) is 3. The summed E-state index contributed by atoms with van der Waals surface area (Å²) in [7, 11) is 0. The van der Waals surface area contributed by atoms with Crippen molar-refractivity contribution in [2.45, 2.75) is 26.3 Å². The molecule has 0 bridgehead atoms. The van der Waals surface area contributed by atoms with E-state index in [0.29, 0.717) is 17.8 Å². The lowest BCUT2D eigenvalue weighted by atomic mass is 10.0. The Labute approximate surface area is 163 Å². The molecule has 2 aromatic carbocycles. The van der Waals surface area contributed by atoms with E-state index in [1.807, 2.05) is 37.3 Å². The van der Waals surface area contributed by atoms with Gasteiger partial charge >= 0.3 is 0 Å². The van der Waals surface area contributed by atoms with Crippen molar-refractivity contribution >= 4 is 11.6 Å². The number of hydrogen-bond acceptors (Lipinski definition) is 3. The molecule has 0 fully saturated rings. The number of para-hydroxylation sites is 1. The second-order valence-electron chi connectivity index (χ2n) is 6.92. The molecule has 0 spiro atoms. The minimum Gasteiger partial charge on any atom is -0.311 e. The molecule has 1 heterocycles. The standard InChI is InChI=1S/C22H22FN3O2/c1-4-25(18-8-6-5-7-9-18)21(28)22(2,3)26-20(27)15-14-19(24-26)16-10-12-17(23)13-11-16/h5-15H,4H2,1-3H3. The van der Waals surface area contributed by atoms with Crippen LogP contribution in [0.25, 0.3) is 11.3 Å². The second kappa shape index (κ2) is 7.76. The van der Waals surface area contributed by atoms with Crippen LogP contribution in [0.3, 0.4) is 0 Å². The Kier molecular flexibility index (Phi) is 5.40. The minimum atomic E-state index is -1.21. The highest BCUT2D eigenvalue weighted by Crippen LogP contribution is 2.23. The molecule has 0 saturated heterocycles. The third-order valence-electron chi connectivity index (χ3n) is 4.62. The van der Waals surface area contributed by atoms with Crippen LogP contribution in [-0.4, -0.2) is 22.2 Å². The first-order valence-corrected chi connectivity index (χ1v) is 9.08. The van der Waals surface area contributed by atoms with Crippen LogP contribution in [0.1, 0.15) is 20.8 Å². The number of aromatic nitrogens is 2. The molecule has 0 saturated carbocycles. The third kappa shape index (κ3) is 3.71. The minimum absolute atomic E-state index is 0.243. The Bertz CT molecular complexity index is 1030. The van der Waals surface area contributed by atoms with Crippen molar-refractivity contribution in [2.75, 3.05) is 11.4 Å². The molecule has 0 unspecified atom stereocenters. The molecular weight excluding hydrogens is 357 g/mol. The van der Waals surface area contributed by atoms with E-state index in [4.69, 9.17) is 0 Å². The highest BCUT2D eigenvalue weighted by atomic mass is 19.1. The Hall–Kier alpha value is -3.28. The molecular formula is C22H22FN3O2. The van der Waals surface area contributed by atoms with Crippen molar-refractivity contribution in [2.24, 2.45) is 0 Å². The molecule has 1 aromatic heterocycles. The zero-order valence-corrected chi connectivity index (χ0v) is 16.1. The van der Waals surface area contributed by atoms with Crippen molar-refractivity contribution in [1.29, 1.82) is 0 Å². The van der Waals surface area contributed by atoms with E-state index in [1.54, 1.807) is 36.9 Å². The summed E-state index contributed by atoms with van der Waals surface area (Å²) in [4.78, 5) is 27.5. The molecule has 5 nitrogen and oxygen atoms in total. The molecule has 0 aliphatic rings. The van der Waals surface area contributed by atoms with Gasteiger partial charge in [-0.3, -0.25) is 9.59 Å². The summed E-state index contributed by atoms with van der Waals surface area (Å²) in [5.74, 6) is -0.596. The molecule has 0 aliphatic heterocycles. The first-order chi connectivity index (χ1) is 13.3. The summed E-state index contributed by atoms with van der Waals surface area (Å²) in [6.07, 6.45) is 0. The van der Waals surface area contributed by atoms with Crippen molar-refractivity contribution in [1.82, 2.24) is 9.78 Å². The van der Waals surface area contributed by atoms with Crippen molar-refractivity contribution < 1.29 is 9.18 Å². The predicted octanol–water partition coefficient (Wildman–Crippen LogP) is 3.84. The largest absolute Gasteiger partial charge is 0.311 e. The van der Waals surface area contributed by atoms with Gasteiger partial charge in [0.05, 0.1) is 5.69 Å². The Balaban J connectivity index is 2.03. The van der Waals surface area contributed by atoms with Gasteiger partial charge in [-0.2, -0.15) is 5.10 Å². The average molecular weight is 379 g/mol. The number of amides is 1. The first-order valence-electron chi connectivity index (χ1n) is 9.08. The molecule has 28 heavy (non-hydrogen) atoms. The van der Waals surface area contributed by atoms with Gasteiger partial charge in [-0.05, 0) is 63.2 Å². The number of hydrogen-bond donors (Lipinski definition) is 0. The quantitative estimate of drug-likeness (QED) is 0.677. The van der Waals surface area contributed by atoms with E-state index < -0.39 is 5.54 Å². The molecule has 6 heteroatoms. The molecule has 144 valence electrons. The lowest BCUT2D eigenvalue weighted by molar-refractivity contribution is -0.126. The van der Waals surface area contributed by atoms with Crippen LogP contribution in [0.15, 0.2) is 71.5 Å². The van der Waals surface area contributed by atoms with Crippen molar-refractivity contribution in [3.8, 4) is 11.3 Å². The van der Waals surface area contributed by atoms with Gasteiger partial charge in [0.15, 0.2) is 0 Å². The lowest BCUT2D eigenvalue weighted by Crippen LogP contribution is -2.51. The summed E-state index contributed by atoms with van der Waals surface area (Å²) in [5.41, 5.74) is 0.315. The van der Waals surface area contributed by atoms with E-state index in [2.05, 4.69) is 5.10 Å². The number of benzene rings is 2. The Morgan fingerprint density at radius 1 is 1.04 bits per heavy atom. The molecule has 1 amide bonds. The van der Waals surface area contributed by atoms with Crippen LogP contribution in [0.4, 0.5) is 10.1 Å².